The van der Waals surface area contributed by atoms with E-state index in [0.29, 0.717) is 12.2 Å². The molecule has 1 aromatic heterocycles. The van der Waals surface area contributed by atoms with Gasteiger partial charge >= 0.3 is 12.0 Å². The summed E-state index contributed by atoms with van der Waals surface area (Å²) in [5.74, 6) is -1.15. The number of aromatic carboxylic acids is 1. The Labute approximate surface area is 125 Å². The minimum Gasteiger partial charge on any atom is -0.478 e. The molecule has 0 aliphatic carbocycles. The zero-order valence-electron chi connectivity index (χ0n) is 11.1. The fourth-order valence-corrected chi connectivity index (χ4v) is 1.89. The van der Waals surface area contributed by atoms with E-state index in [2.05, 4.69) is 15.7 Å². The molecule has 0 radical (unpaired) electrons. The van der Waals surface area contributed by atoms with E-state index in [1.165, 1.54) is 18.2 Å². The van der Waals surface area contributed by atoms with Gasteiger partial charge in [0.15, 0.2) is 0 Å². The molecule has 1 heterocycles. The van der Waals surface area contributed by atoms with E-state index in [1.807, 2.05) is 0 Å². The Morgan fingerprint density at radius 2 is 2.14 bits per heavy atom. The number of aromatic nitrogens is 2. The molecule has 1 aromatic carbocycles. The maximum Gasteiger partial charge on any atom is 0.337 e. The SMILES string of the molecule is Cn1nccc1CNC(=O)Nc1ccc(Cl)c(C(=O)O)c1. The van der Waals surface area contributed by atoms with Crippen molar-refractivity contribution in [2.24, 2.45) is 7.05 Å². The third-order valence-electron chi connectivity index (χ3n) is 2.81. The number of nitrogens with one attached hydrogen (secondary N) is 2. The Kier molecular flexibility index (Phi) is 4.44. The Morgan fingerprint density at radius 3 is 2.76 bits per heavy atom. The van der Waals surface area contributed by atoms with E-state index >= 15 is 0 Å². The minimum atomic E-state index is -1.15. The van der Waals surface area contributed by atoms with E-state index < -0.39 is 12.0 Å². The second-order valence-corrected chi connectivity index (χ2v) is 4.66. The molecule has 0 aliphatic rings. The Bertz CT molecular complexity index is 684. The predicted octanol–water partition coefficient (Wildman–Crippen LogP) is 2.09. The highest BCUT2D eigenvalue weighted by Gasteiger charge is 2.11. The van der Waals surface area contributed by atoms with Gasteiger partial charge in [0.25, 0.3) is 0 Å². The van der Waals surface area contributed by atoms with Crippen LogP contribution >= 0.6 is 11.6 Å². The number of urea groups is 1. The van der Waals surface area contributed by atoms with Crippen LogP contribution in [-0.4, -0.2) is 26.9 Å². The Morgan fingerprint density at radius 1 is 1.38 bits per heavy atom. The summed E-state index contributed by atoms with van der Waals surface area (Å²) in [7, 11) is 1.77. The van der Waals surface area contributed by atoms with Gasteiger partial charge in [0.05, 0.1) is 22.8 Å². The smallest absolute Gasteiger partial charge is 0.337 e. The molecule has 0 bridgehead atoms. The van der Waals surface area contributed by atoms with Crippen molar-refractivity contribution in [3.8, 4) is 0 Å². The van der Waals surface area contributed by atoms with E-state index in [-0.39, 0.29) is 10.6 Å². The predicted molar refractivity (Wildman–Crippen MR) is 77.5 cm³/mol. The summed E-state index contributed by atoms with van der Waals surface area (Å²) in [5, 5.41) is 18.3. The maximum absolute atomic E-state index is 11.8. The standard InChI is InChI=1S/C13H13ClN4O3/c1-18-9(4-5-16-18)7-15-13(21)17-8-2-3-11(14)10(6-8)12(19)20/h2-6H,7H2,1H3,(H,19,20)(H2,15,17,21). The summed E-state index contributed by atoms with van der Waals surface area (Å²) >= 11 is 5.76. The third kappa shape index (κ3) is 3.73. The van der Waals surface area contributed by atoms with Crippen LogP contribution < -0.4 is 10.6 Å². The molecule has 0 spiro atoms. The molecule has 0 atom stereocenters. The normalized spacial score (nSPS) is 10.2. The van der Waals surface area contributed by atoms with Crippen LogP contribution in [0.25, 0.3) is 0 Å². The number of hydrogen-bond donors (Lipinski definition) is 3. The van der Waals surface area contributed by atoms with Gasteiger partial charge in [-0.2, -0.15) is 5.10 Å². The lowest BCUT2D eigenvalue weighted by molar-refractivity contribution is 0.0697. The number of carboxylic acid groups (broad SMARTS) is 1. The molecule has 2 rings (SSSR count). The molecule has 2 aromatic rings. The number of halogens is 1. The van der Waals surface area contributed by atoms with Crippen LogP contribution in [0.15, 0.2) is 30.5 Å². The van der Waals surface area contributed by atoms with Gasteiger partial charge in [-0.3, -0.25) is 4.68 Å². The molecule has 2 amide bonds. The molecule has 0 fully saturated rings. The summed E-state index contributed by atoms with van der Waals surface area (Å²) in [6.45, 7) is 0.307. The molecular formula is C13H13ClN4O3. The van der Waals surface area contributed by atoms with Crippen LogP contribution in [0, 0.1) is 0 Å². The Hall–Kier alpha value is -2.54. The highest BCUT2D eigenvalue weighted by atomic mass is 35.5. The van der Waals surface area contributed by atoms with E-state index in [1.54, 1.807) is 24.0 Å². The van der Waals surface area contributed by atoms with E-state index in [4.69, 9.17) is 16.7 Å². The summed E-state index contributed by atoms with van der Waals surface area (Å²) < 4.78 is 1.64. The largest absolute Gasteiger partial charge is 0.478 e. The number of amides is 2. The fourth-order valence-electron chi connectivity index (χ4n) is 1.69. The summed E-state index contributed by atoms with van der Waals surface area (Å²) in [5.41, 5.74) is 1.12. The molecule has 3 N–H and O–H groups in total. The zero-order chi connectivity index (χ0) is 15.4. The number of anilines is 1. The van der Waals surface area contributed by atoms with Gasteiger partial charge in [0.1, 0.15) is 0 Å². The van der Waals surface area contributed by atoms with Gasteiger partial charge in [-0.15, -0.1) is 0 Å². The summed E-state index contributed by atoms with van der Waals surface area (Å²) in [6, 6.07) is 5.58. The number of benzene rings is 1. The number of carbonyl (C=O) groups is 2. The molecular weight excluding hydrogens is 296 g/mol. The number of nitrogens with zero attached hydrogens (tertiary/aromatic N) is 2. The first kappa shape index (κ1) is 14.9. The topological polar surface area (TPSA) is 96.3 Å². The lowest BCUT2D eigenvalue weighted by atomic mass is 10.2. The quantitative estimate of drug-likeness (QED) is 0.805. The second kappa shape index (κ2) is 6.27. The van der Waals surface area contributed by atoms with E-state index in [9.17, 15) is 9.59 Å². The monoisotopic (exact) mass is 308 g/mol. The number of carbonyl (C=O) groups excluding carboxylic acids is 1. The van der Waals surface area contributed by atoms with Crippen molar-refractivity contribution in [2.45, 2.75) is 6.54 Å². The first-order valence-electron chi connectivity index (χ1n) is 6.02. The summed E-state index contributed by atoms with van der Waals surface area (Å²) in [6.07, 6.45) is 1.63. The van der Waals surface area contributed by atoms with Crippen LogP contribution in [-0.2, 0) is 13.6 Å². The minimum absolute atomic E-state index is 0.0684. The lowest BCUT2D eigenvalue weighted by Gasteiger charge is -2.09. The van der Waals surface area contributed by atoms with Crippen molar-refractivity contribution < 1.29 is 14.7 Å². The molecule has 0 unspecified atom stereocenters. The fraction of sp³-hybridized carbons (Fsp3) is 0.154. The highest BCUT2D eigenvalue weighted by Crippen LogP contribution is 2.20. The first-order chi connectivity index (χ1) is 9.97. The molecule has 21 heavy (non-hydrogen) atoms. The van der Waals surface area contributed by atoms with Crippen LogP contribution in [0.2, 0.25) is 5.02 Å². The van der Waals surface area contributed by atoms with Crippen molar-refractivity contribution in [2.75, 3.05) is 5.32 Å². The molecule has 0 aliphatic heterocycles. The highest BCUT2D eigenvalue weighted by molar-refractivity contribution is 6.33. The average Bonchev–Trinajstić information content (AvgIpc) is 2.84. The summed E-state index contributed by atoms with van der Waals surface area (Å²) in [4.78, 5) is 22.7. The van der Waals surface area contributed by atoms with E-state index in [0.717, 1.165) is 5.69 Å². The number of carboxylic acids is 1. The van der Waals surface area contributed by atoms with Crippen molar-refractivity contribution >= 4 is 29.3 Å². The van der Waals surface area contributed by atoms with Crippen LogP contribution in [0.1, 0.15) is 16.1 Å². The van der Waals surface area contributed by atoms with Gasteiger partial charge in [-0.1, -0.05) is 11.6 Å². The lowest BCUT2D eigenvalue weighted by Crippen LogP contribution is -2.29. The van der Waals surface area contributed by atoms with Crippen molar-refractivity contribution in [3.05, 3.63) is 46.7 Å². The Balaban J connectivity index is 1.98. The second-order valence-electron chi connectivity index (χ2n) is 4.25. The first-order valence-corrected chi connectivity index (χ1v) is 6.39. The molecule has 0 saturated heterocycles. The zero-order valence-corrected chi connectivity index (χ0v) is 11.9. The van der Waals surface area contributed by atoms with Gasteiger partial charge in [0.2, 0.25) is 0 Å². The van der Waals surface area contributed by atoms with Crippen molar-refractivity contribution in [1.29, 1.82) is 0 Å². The molecule has 7 nitrogen and oxygen atoms in total. The van der Waals surface area contributed by atoms with Gasteiger partial charge in [-0.05, 0) is 24.3 Å². The van der Waals surface area contributed by atoms with Crippen molar-refractivity contribution in [3.63, 3.8) is 0 Å². The number of hydrogen-bond acceptors (Lipinski definition) is 3. The van der Waals surface area contributed by atoms with Crippen LogP contribution in [0.5, 0.6) is 0 Å². The number of rotatable bonds is 4. The molecule has 8 heteroatoms. The van der Waals surface area contributed by atoms with Gasteiger partial charge < -0.3 is 15.7 Å². The van der Waals surface area contributed by atoms with Crippen LogP contribution in [0.4, 0.5) is 10.5 Å². The molecule has 0 saturated carbocycles. The van der Waals surface area contributed by atoms with Gasteiger partial charge in [-0.25, -0.2) is 9.59 Å². The van der Waals surface area contributed by atoms with Crippen LogP contribution in [0.3, 0.4) is 0 Å². The number of aryl methyl sites for hydroxylation is 1. The third-order valence-corrected chi connectivity index (χ3v) is 3.14. The van der Waals surface area contributed by atoms with Gasteiger partial charge in [0, 0.05) is 18.9 Å². The maximum atomic E-state index is 11.8. The van der Waals surface area contributed by atoms with Crippen molar-refractivity contribution in [1.82, 2.24) is 15.1 Å². The average molecular weight is 309 g/mol. The molecule has 110 valence electrons.